The van der Waals surface area contributed by atoms with E-state index in [4.69, 9.17) is 5.11 Å². The quantitative estimate of drug-likeness (QED) is 0.724. The van der Waals surface area contributed by atoms with Crippen LogP contribution in [0.4, 0.5) is 0 Å². The van der Waals surface area contributed by atoms with E-state index < -0.39 is 12.0 Å². The fourth-order valence-corrected chi connectivity index (χ4v) is 1.51. The molecule has 18 heavy (non-hydrogen) atoms. The summed E-state index contributed by atoms with van der Waals surface area (Å²) in [7, 11) is 1.43. The number of amides is 2. The van der Waals surface area contributed by atoms with Crippen molar-refractivity contribution in [3.8, 4) is 0 Å². The second-order valence-corrected chi connectivity index (χ2v) is 4.08. The Kier molecular flexibility index (Phi) is 7.00. The molecule has 1 atom stereocenters. The molecule has 6 heteroatoms. The molecule has 1 unspecified atom stereocenters. The summed E-state index contributed by atoms with van der Waals surface area (Å²) in [6, 6.07) is -0.874. The molecular weight excluding hydrogens is 236 g/mol. The number of hydrogen-bond donors (Lipinski definition) is 1. The summed E-state index contributed by atoms with van der Waals surface area (Å²) in [5.74, 6) is -1.46. The predicted molar refractivity (Wildman–Crippen MR) is 67.0 cm³/mol. The van der Waals surface area contributed by atoms with Gasteiger partial charge in [-0.1, -0.05) is 0 Å². The maximum atomic E-state index is 11.7. The lowest BCUT2D eigenvalue weighted by molar-refractivity contribution is -0.148. The van der Waals surface area contributed by atoms with Gasteiger partial charge in [0.1, 0.15) is 6.04 Å². The van der Waals surface area contributed by atoms with Gasteiger partial charge in [-0.3, -0.25) is 9.59 Å². The molecule has 0 saturated heterocycles. The van der Waals surface area contributed by atoms with Crippen LogP contribution in [0.15, 0.2) is 0 Å². The first-order valence-corrected chi connectivity index (χ1v) is 6.11. The number of hydrogen-bond acceptors (Lipinski definition) is 3. The SMILES string of the molecule is CCN(CC)C(=O)CCC(=O)N(C)C(C)C(=O)O. The molecule has 0 aromatic heterocycles. The highest BCUT2D eigenvalue weighted by Gasteiger charge is 2.22. The van der Waals surface area contributed by atoms with Crippen molar-refractivity contribution < 1.29 is 19.5 Å². The standard InChI is InChI=1S/C12H22N2O4/c1-5-14(6-2)11(16)8-7-10(15)13(4)9(3)12(17)18/h9H,5-8H2,1-4H3,(H,17,18). The average Bonchev–Trinajstić information content (AvgIpc) is 2.35. The zero-order valence-electron chi connectivity index (χ0n) is 11.5. The van der Waals surface area contributed by atoms with E-state index in [0.717, 1.165) is 4.90 Å². The van der Waals surface area contributed by atoms with Crippen molar-refractivity contribution in [2.24, 2.45) is 0 Å². The van der Waals surface area contributed by atoms with Gasteiger partial charge in [0.15, 0.2) is 0 Å². The van der Waals surface area contributed by atoms with E-state index in [-0.39, 0.29) is 24.7 Å². The summed E-state index contributed by atoms with van der Waals surface area (Å²) in [5.41, 5.74) is 0. The first-order valence-electron chi connectivity index (χ1n) is 6.11. The van der Waals surface area contributed by atoms with Gasteiger partial charge in [0.05, 0.1) is 0 Å². The van der Waals surface area contributed by atoms with Gasteiger partial charge in [0.2, 0.25) is 11.8 Å². The van der Waals surface area contributed by atoms with Crippen molar-refractivity contribution in [2.45, 2.75) is 39.7 Å². The predicted octanol–water partition coefficient (Wildman–Crippen LogP) is 0.567. The lowest BCUT2D eigenvalue weighted by Crippen LogP contribution is -2.40. The van der Waals surface area contributed by atoms with Crippen molar-refractivity contribution in [3.05, 3.63) is 0 Å². The van der Waals surface area contributed by atoms with Crippen molar-refractivity contribution in [1.29, 1.82) is 0 Å². The Morgan fingerprint density at radius 2 is 1.50 bits per heavy atom. The fraction of sp³-hybridized carbons (Fsp3) is 0.750. The molecule has 0 aliphatic rings. The van der Waals surface area contributed by atoms with E-state index in [0.29, 0.717) is 13.1 Å². The van der Waals surface area contributed by atoms with Crippen LogP contribution >= 0.6 is 0 Å². The Labute approximate surface area is 108 Å². The Morgan fingerprint density at radius 1 is 1.06 bits per heavy atom. The van der Waals surface area contributed by atoms with Crippen molar-refractivity contribution in [3.63, 3.8) is 0 Å². The van der Waals surface area contributed by atoms with Crippen molar-refractivity contribution in [1.82, 2.24) is 9.80 Å². The Bertz CT molecular complexity index is 313. The van der Waals surface area contributed by atoms with Crippen LogP contribution in [-0.2, 0) is 14.4 Å². The summed E-state index contributed by atoms with van der Waals surface area (Å²) >= 11 is 0. The highest BCUT2D eigenvalue weighted by atomic mass is 16.4. The third kappa shape index (κ3) is 4.73. The summed E-state index contributed by atoms with van der Waals surface area (Å²) in [4.78, 5) is 36.9. The Hall–Kier alpha value is -1.59. The molecule has 0 fully saturated rings. The zero-order chi connectivity index (χ0) is 14.3. The molecule has 0 saturated carbocycles. The first-order chi connectivity index (χ1) is 8.34. The third-order valence-corrected chi connectivity index (χ3v) is 3.00. The lowest BCUT2D eigenvalue weighted by Gasteiger charge is -2.22. The first kappa shape index (κ1) is 16.4. The zero-order valence-corrected chi connectivity index (χ0v) is 11.5. The monoisotopic (exact) mass is 258 g/mol. The minimum absolute atomic E-state index is 0.0451. The maximum Gasteiger partial charge on any atom is 0.326 e. The van der Waals surface area contributed by atoms with Crippen molar-refractivity contribution >= 4 is 17.8 Å². The fourth-order valence-electron chi connectivity index (χ4n) is 1.51. The minimum atomic E-state index is -1.05. The van der Waals surface area contributed by atoms with E-state index in [1.807, 2.05) is 13.8 Å². The van der Waals surface area contributed by atoms with Crippen LogP contribution in [0.2, 0.25) is 0 Å². The molecule has 104 valence electrons. The number of aliphatic carboxylic acids is 1. The molecular formula is C12H22N2O4. The van der Waals surface area contributed by atoms with Crippen LogP contribution in [0.5, 0.6) is 0 Å². The van der Waals surface area contributed by atoms with Gasteiger partial charge < -0.3 is 14.9 Å². The molecule has 0 aliphatic carbocycles. The number of carbonyl (C=O) groups excluding carboxylic acids is 2. The number of likely N-dealkylation sites (N-methyl/N-ethyl adjacent to an activating group) is 1. The normalized spacial score (nSPS) is 11.8. The topological polar surface area (TPSA) is 77.9 Å². The van der Waals surface area contributed by atoms with Crippen LogP contribution in [0, 0.1) is 0 Å². The smallest absolute Gasteiger partial charge is 0.326 e. The maximum absolute atomic E-state index is 11.7. The molecule has 1 N–H and O–H groups in total. The second kappa shape index (κ2) is 7.68. The lowest BCUT2D eigenvalue weighted by atomic mass is 10.2. The molecule has 0 aliphatic heterocycles. The minimum Gasteiger partial charge on any atom is -0.480 e. The molecule has 0 aromatic carbocycles. The highest BCUT2D eigenvalue weighted by Crippen LogP contribution is 2.04. The molecule has 0 rings (SSSR count). The number of carboxylic acid groups (broad SMARTS) is 1. The summed E-state index contributed by atoms with van der Waals surface area (Å²) in [6.45, 7) is 6.42. The largest absolute Gasteiger partial charge is 0.480 e. The molecule has 0 radical (unpaired) electrons. The summed E-state index contributed by atoms with van der Waals surface area (Å²) in [6.07, 6.45) is 0.167. The van der Waals surface area contributed by atoms with Gasteiger partial charge in [-0.05, 0) is 20.8 Å². The number of carboxylic acids is 1. The third-order valence-electron chi connectivity index (χ3n) is 3.00. The van der Waals surface area contributed by atoms with E-state index in [9.17, 15) is 14.4 Å². The van der Waals surface area contributed by atoms with Crippen LogP contribution < -0.4 is 0 Å². The Balaban J connectivity index is 4.26. The van der Waals surface area contributed by atoms with E-state index in [1.54, 1.807) is 4.90 Å². The summed E-state index contributed by atoms with van der Waals surface area (Å²) in [5, 5.41) is 8.77. The van der Waals surface area contributed by atoms with Crippen LogP contribution in [0.1, 0.15) is 33.6 Å². The van der Waals surface area contributed by atoms with Crippen LogP contribution in [0.3, 0.4) is 0 Å². The molecule has 0 bridgehead atoms. The van der Waals surface area contributed by atoms with E-state index in [1.165, 1.54) is 14.0 Å². The van der Waals surface area contributed by atoms with Gasteiger partial charge in [0.25, 0.3) is 0 Å². The Morgan fingerprint density at radius 3 is 1.89 bits per heavy atom. The van der Waals surface area contributed by atoms with E-state index in [2.05, 4.69) is 0 Å². The van der Waals surface area contributed by atoms with Crippen LogP contribution in [-0.4, -0.2) is 58.9 Å². The van der Waals surface area contributed by atoms with Gasteiger partial charge in [-0.25, -0.2) is 4.79 Å². The van der Waals surface area contributed by atoms with Gasteiger partial charge in [-0.2, -0.15) is 0 Å². The van der Waals surface area contributed by atoms with Crippen molar-refractivity contribution in [2.75, 3.05) is 20.1 Å². The summed E-state index contributed by atoms with van der Waals surface area (Å²) < 4.78 is 0. The number of rotatable bonds is 7. The van der Waals surface area contributed by atoms with Gasteiger partial charge in [-0.15, -0.1) is 0 Å². The molecule has 0 spiro atoms. The van der Waals surface area contributed by atoms with Gasteiger partial charge in [0, 0.05) is 33.0 Å². The number of nitrogens with zero attached hydrogens (tertiary/aromatic N) is 2. The average molecular weight is 258 g/mol. The molecule has 2 amide bonds. The molecule has 0 aromatic rings. The molecule has 6 nitrogen and oxygen atoms in total. The second-order valence-electron chi connectivity index (χ2n) is 4.08. The van der Waals surface area contributed by atoms with E-state index >= 15 is 0 Å². The van der Waals surface area contributed by atoms with Gasteiger partial charge >= 0.3 is 5.97 Å². The number of carbonyl (C=O) groups is 3. The van der Waals surface area contributed by atoms with Crippen LogP contribution in [0.25, 0.3) is 0 Å². The highest BCUT2D eigenvalue weighted by molar-refractivity contribution is 5.86. The molecule has 0 heterocycles.